The first-order valence-electron chi connectivity index (χ1n) is 5.12. The van der Waals surface area contributed by atoms with Gasteiger partial charge in [0.15, 0.2) is 0 Å². The summed E-state index contributed by atoms with van der Waals surface area (Å²) in [5.74, 6) is -1.13. The number of aromatic nitrogens is 1. The van der Waals surface area contributed by atoms with Gasteiger partial charge in [0.2, 0.25) is 10.0 Å². The lowest BCUT2D eigenvalue weighted by molar-refractivity contribution is 0.0702. The van der Waals surface area contributed by atoms with Crippen molar-refractivity contribution in [2.75, 3.05) is 0 Å². The Bertz CT molecular complexity index is 702. The van der Waals surface area contributed by atoms with Crippen LogP contribution in [0.5, 0.6) is 0 Å². The quantitative estimate of drug-likeness (QED) is 0.874. The molecule has 2 aromatic heterocycles. The molecule has 0 aromatic carbocycles. The number of nitrogens with one attached hydrogen (secondary N) is 1. The van der Waals surface area contributed by atoms with Gasteiger partial charge in [-0.3, -0.25) is 0 Å². The summed E-state index contributed by atoms with van der Waals surface area (Å²) in [6, 6.07) is 2.56. The van der Waals surface area contributed by atoms with Gasteiger partial charge in [0, 0.05) is 11.4 Å². The van der Waals surface area contributed by atoms with E-state index in [0.717, 1.165) is 21.9 Å². The fourth-order valence-electron chi connectivity index (χ4n) is 1.31. The maximum Gasteiger partial charge on any atom is 0.345 e. The largest absolute Gasteiger partial charge is 0.477 e. The molecule has 0 saturated heterocycles. The molecule has 19 heavy (non-hydrogen) atoms. The number of thiazole rings is 1. The fourth-order valence-corrected chi connectivity index (χ4v) is 4.30. The van der Waals surface area contributed by atoms with Crippen LogP contribution in [-0.4, -0.2) is 24.5 Å². The first-order chi connectivity index (χ1) is 8.90. The molecule has 2 aromatic rings. The first kappa shape index (κ1) is 14.1. The van der Waals surface area contributed by atoms with Crippen LogP contribution in [0.25, 0.3) is 0 Å². The molecule has 2 N–H and O–H groups in total. The lowest BCUT2D eigenvalue weighted by Crippen LogP contribution is -2.22. The third-order valence-electron chi connectivity index (χ3n) is 2.32. The second-order valence-corrected chi connectivity index (χ2v) is 7.63. The van der Waals surface area contributed by atoms with E-state index in [2.05, 4.69) is 9.71 Å². The van der Waals surface area contributed by atoms with Crippen LogP contribution < -0.4 is 4.72 Å². The van der Waals surface area contributed by atoms with E-state index in [4.69, 9.17) is 5.11 Å². The van der Waals surface area contributed by atoms with E-state index in [9.17, 15) is 13.2 Å². The van der Waals surface area contributed by atoms with Crippen LogP contribution in [0.3, 0.4) is 0 Å². The summed E-state index contributed by atoms with van der Waals surface area (Å²) in [5.41, 5.74) is 2.43. The number of rotatable bonds is 5. The predicted octanol–water partition coefficient (Wildman–Crippen LogP) is 1.69. The Labute approximate surface area is 117 Å². The summed E-state index contributed by atoms with van der Waals surface area (Å²) in [6.45, 7) is 1.95. The molecule has 0 amide bonds. The van der Waals surface area contributed by atoms with Crippen LogP contribution in [0.2, 0.25) is 0 Å². The zero-order valence-electron chi connectivity index (χ0n) is 9.78. The van der Waals surface area contributed by atoms with Crippen molar-refractivity contribution in [3.8, 4) is 0 Å². The highest BCUT2D eigenvalue weighted by Gasteiger charge is 2.19. The Balaban J connectivity index is 2.14. The topological polar surface area (TPSA) is 96.4 Å². The third-order valence-corrected chi connectivity index (χ3v) is 6.23. The molecule has 0 atom stereocenters. The molecule has 0 unspecified atom stereocenters. The number of carboxylic acid groups (broad SMARTS) is 1. The summed E-state index contributed by atoms with van der Waals surface area (Å²) in [5, 5.41) is 8.77. The van der Waals surface area contributed by atoms with Gasteiger partial charge < -0.3 is 5.11 Å². The molecule has 2 heterocycles. The Hall–Kier alpha value is -1.29. The maximum atomic E-state index is 12.0. The highest BCUT2D eigenvalue weighted by Crippen LogP contribution is 2.22. The molecular weight excluding hydrogens is 308 g/mol. The molecule has 2 rings (SSSR count). The normalized spacial score (nSPS) is 11.6. The number of hydrogen-bond acceptors (Lipinski definition) is 6. The van der Waals surface area contributed by atoms with Crippen molar-refractivity contribution < 1.29 is 18.3 Å². The minimum atomic E-state index is -3.68. The monoisotopic (exact) mass is 318 g/mol. The van der Waals surface area contributed by atoms with Crippen molar-refractivity contribution >= 4 is 38.7 Å². The molecule has 0 aliphatic rings. The number of nitrogens with zero attached hydrogens (tertiary/aromatic N) is 1. The Morgan fingerprint density at radius 1 is 1.47 bits per heavy atom. The van der Waals surface area contributed by atoms with E-state index < -0.39 is 16.0 Å². The van der Waals surface area contributed by atoms with Gasteiger partial charge >= 0.3 is 5.97 Å². The molecular formula is C10H10N2O4S3. The van der Waals surface area contributed by atoms with Crippen molar-refractivity contribution in [2.45, 2.75) is 17.7 Å². The molecule has 0 saturated carbocycles. The molecule has 9 heteroatoms. The van der Waals surface area contributed by atoms with Gasteiger partial charge in [0.25, 0.3) is 0 Å². The second-order valence-electron chi connectivity index (χ2n) is 3.61. The Morgan fingerprint density at radius 2 is 2.21 bits per heavy atom. The standard InChI is InChI=1S/C10H10N2O4S3/c1-6-8(17-5-11-6)4-12-19(15,16)9-3-2-7(18-9)10(13)14/h2-3,5,12H,4H2,1H3,(H,13,14). The SMILES string of the molecule is Cc1ncsc1CNS(=O)(=O)c1ccc(C(=O)O)s1. The number of carboxylic acids is 1. The van der Waals surface area contributed by atoms with Gasteiger partial charge in [-0.1, -0.05) is 0 Å². The van der Waals surface area contributed by atoms with Gasteiger partial charge in [0.1, 0.15) is 9.09 Å². The highest BCUT2D eigenvalue weighted by atomic mass is 32.2. The molecule has 0 aliphatic heterocycles. The summed E-state index contributed by atoms with van der Waals surface area (Å²) in [4.78, 5) is 15.6. The average molecular weight is 318 g/mol. The van der Waals surface area contributed by atoms with Crippen LogP contribution in [0, 0.1) is 6.92 Å². The van der Waals surface area contributed by atoms with E-state index in [-0.39, 0.29) is 15.6 Å². The van der Waals surface area contributed by atoms with Crippen LogP contribution in [0.4, 0.5) is 0 Å². The number of aromatic carboxylic acids is 1. The van der Waals surface area contributed by atoms with Crippen molar-refractivity contribution in [2.24, 2.45) is 0 Å². The van der Waals surface area contributed by atoms with Crippen LogP contribution >= 0.6 is 22.7 Å². The van der Waals surface area contributed by atoms with Crippen molar-refractivity contribution in [3.05, 3.63) is 33.1 Å². The molecule has 6 nitrogen and oxygen atoms in total. The zero-order chi connectivity index (χ0) is 14.0. The minimum Gasteiger partial charge on any atom is -0.477 e. The second kappa shape index (κ2) is 5.37. The number of thiophene rings is 1. The van der Waals surface area contributed by atoms with Gasteiger partial charge in [0.05, 0.1) is 11.2 Å². The van der Waals surface area contributed by atoms with Gasteiger partial charge in [-0.05, 0) is 19.1 Å². The molecule has 0 bridgehead atoms. The number of hydrogen-bond donors (Lipinski definition) is 2. The van der Waals surface area contributed by atoms with Crippen LogP contribution in [-0.2, 0) is 16.6 Å². The van der Waals surface area contributed by atoms with E-state index >= 15 is 0 Å². The van der Waals surface area contributed by atoms with E-state index in [1.54, 1.807) is 12.4 Å². The van der Waals surface area contributed by atoms with Crippen LogP contribution in [0.15, 0.2) is 21.9 Å². The van der Waals surface area contributed by atoms with Crippen molar-refractivity contribution in [3.63, 3.8) is 0 Å². The summed E-state index contributed by atoms with van der Waals surface area (Å²) < 4.78 is 26.4. The molecule has 0 aliphatic carbocycles. The first-order valence-corrected chi connectivity index (χ1v) is 8.30. The van der Waals surface area contributed by atoms with E-state index in [1.165, 1.54) is 23.5 Å². The number of carbonyl (C=O) groups is 1. The molecule has 0 fully saturated rings. The fraction of sp³-hybridized carbons (Fsp3) is 0.200. The third kappa shape index (κ3) is 3.18. The van der Waals surface area contributed by atoms with Gasteiger partial charge in [-0.25, -0.2) is 22.9 Å². The number of sulfonamides is 1. The average Bonchev–Trinajstić information content (AvgIpc) is 2.95. The molecule has 0 spiro atoms. The Morgan fingerprint density at radius 3 is 2.74 bits per heavy atom. The van der Waals surface area contributed by atoms with Crippen LogP contribution in [0.1, 0.15) is 20.2 Å². The molecule has 0 radical (unpaired) electrons. The van der Waals surface area contributed by atoms with Crippen molar-refractivity contribution in [1.82, 2.24) is 9.71 Å². The van der Waals surface area contributed by atoms with Gasteiger partial charge in [-0.15, -0.1) is 22.7 Å². The lowest BCUT2D eigenvalue weighted by atomic mass is 10.4. The predicted molar refractivity (Wildman–Crippen MR) is 72.2 cm³/mol. The molecule has 102 valence electrons. The zero-order valence-corrected chi connectivity index (χ0v) is 12.2. The summed E-state index contributed by atoms with van der Waals surface area (Å²) in [7, 11) is -3.68. The lowest BCUT2D eigenvalue weighted by Gasteiger charge is -2.03. The minimum absolute atomic E-state index is 0.00524. The van der Waals surface area contributed by atoms with Gasteiger partial charge in [-0.2, -0.15) is 0 Å². The van der Waals surface area contributed by atoms with E-state index in [1.807, 2.05) is 0 Å². The van der Waals surface area contributed by atoms with Crippen molar-refractivity contribution in [1.29, 1.82) is 0 Å². The summed E-state index contributed by atoms with van der Waals surface area (Å²) in [6.07, 6.45) is 0. The Kier molecular flexibility index (Phi) is 3.99. The van der Waals surface area contributed by atoms with E-state index in [0.29, 0.717) is 0 Å². The summed E-state index contributed by atoms with van der Waals surface area (Å²) >= 11 is 2.09. The smallest absolute Gasteiger partial charge is 0.345 e. The number of aryl methyl sites for hydroxylation is 1. The maximum absolute atomic E-state index is 12.0. The highest BCUT2D eigenvalue weighted by molar-refractivity contribution is 7.91.